The highest BCUT2D eigenvalue weighted by molar-refractivity contribution is 5.74. The zero-order valence-corrected chi connectivity index (χ0v) is 10.4. The van der Waals surface area contributed by atoms with E-state index in [2.05, 4.69) is 0 Å². The lowest BCUT2D eigenvalue weighted by atomic mass is 9.86. The van der Waals surface area contributed by atoms with Gasteiger partial charge < -0.3 is 5.11 Å². The lowest BCUT2D eigenvalue weighted by Crippen LogP contribution is -2.16. The Balaban J connectivity index is 2.25. The van der Waals surface area contributed by atoms with E-state index in [9.17, 15) is 9.18 Å². The third-order valence-corrected chi connectivity index (χ3v) is 3.55. The van der Waals surface area contributed by atoms with Crippen molar-refractivity contribution in [2.45, 2.75) is 32.6 Å². The number of aryl methyl sites for hydroxylation is 1. The standard InChI is InChI=1S/C15H17FO2/c1-2-10-3-8-14(16)13(9-10)11-4-6-12(7-5-11)15(17)18/h3-4,8-9,12H,2,5-7H2,1H3,(H,17,18). The van der Waals surface area contributed by atoms with E-state index in [4.69, 9.17) is 5.11 Å². The number of benzene rings is 1. The Kier molecular flexibility index (Phi) is 3.80. The maximum Gasteiger partial charge on any atom is 0.306 e. The molecule has 0 saturated carbocycles. The highest BCUT2D eigenvalue weighted by Crippen LogP contribution is 2.32. The fraction of sp³-hybridized carbons (Fsp3) is 0.400. The van der Waals surface area contributed by atoms with E-state index in [1.165, 1.54) is 6.07 Å². The lowest BCUT2D eigenvalue weighted by Gasteiger charge is -2.19. The molecule has 96 valence electrons. The number of halogens is 1. The summed E-state index contributed by atoms with van der Waals surface area (Å²) in [5.41, 5.74) is 2.69. The predicted octanol–water partition coefficient (Wildman–Crippen LogP) is 3.66. The molecular formula is C15H17FO2. The lowest BCUT2D eigenvalue weighted by molar-refractivity contribution is -0.141. The fourth-order valence-electron chi connectivity index (χ4n) is 2.34. The summed E-state index contributed by atoms with van der Waals surface area (Å²) in [6.45, 7) is 2.03. The first-order valence-electron chi connectivity index (χ1n) is 6.32. The third-order valence-electron chi connectivity index (χ3n) is 3.55. The molecule has 1 aromatic rings. The highest BCUT2D eigenvalue weighted by Gasteiger charge is 2.22. The fourth-order valence-corrected chi connectivity index (χ4v) is 2.34. The van der Waals surface area contributed by atoms with Gasteiger partial charge in [-0.3, -0.25) is 4.79 Å². The number of rotatable bonds is 3. The molecule has 0 bridgehead atoms. The molecule has 1 aliphatic carbocycles. The van der Waals surface area contributed by atoms with Crippen molar-refractivity contribution >= 4 is 11.5 Å². The maximum absolute atomic E-state index is 13.8. The molecule has 0 radical (unpaired) electrons. The molecule has 0 spiro atoms. The van der Waals surface area contributed by atoms with Gasteiger partial charge in [-0.25, -0.2) is 4.39 Å². The zero-order chi connectivity index (χ0) is 13.1. The van der Waals surface area contributed by atoms with Crippen LogP contribution in [0.15, 0.2) is 24.3 Å². The van der Waals surface area contributed by atoms with E-state index < -0.39 is 5.97 Å². The van der Waals surface area contributed by atoms with Gasteiger partial charge in [-0.1, -0.05) is 19.1 Å². The van der Waals surface area contributed by atoms with E-state index in [1.54, 1.807) is 6.07 Å². The van der Waals surface area contributed by atoms with Gasteiger partial charge in [-0.2, -0.15) is 0 Å². The molecule has 1 N–H and O–H groups in total. The summed E-state index contributed by atoms with van der Waals surface area (Å²) in [6, 6.07) is 5.17. The SMILES string of the molecule is CCc1ccc(F)c(C2=CCC(C(=O)O)CC2)c1. The molecule has 0 fully saturated rings. The van der Waals surface area contributed by atoms with E-state index in [1.807, 2.05) is 19.1 Å². The van der Waals surface area contributed by atoms with E-state index in [0.29, 0.717) is 24.8 Å². The van der Waals surface area contributed by atoms with Crippen LogP contribution in [0.25, 0.3) is 5.57 Å². The van der Waals surface area contributed by atoms with Crippen LogP contribution < -0.4 is 0 Å². The molecule has 3 heteroatoms. The number of carbonyl (C=O) groups is 1. The molecule has 1 aromatic carbocycles. The maximum atomic E-state index is 13.8. The van der Waals surface area contributed by atoms with Crippen molar-refractivity contribution in [2.75, 3.05) is 0 Å². The van der Waals surface area contributed by atoms with Gasteiger partial charge in [0.15, 0.2) is 0 Å². The minimum atomic E-state index is -0.756. The Morgan fingerprint density at radius 1 is 1.50 bits per heavy atom. The Morgan fingerprint density at radius 3 is 2.83 bits per heavy atom. The van der Waals surface area contributed by atoms with Crippen LogP contribution in [0.4, 0.5) is 4.39 Å². The molecular weight excluding hydrogens is 231 g/mol. The Morgan fingerprint density at radius 2 is 2.28 bits per heavy atom. The molecule has 0 saturated heterocycles. The van der Waals surface area contributed by atoms with Crippen molar-refractivity contribution in [1.82, 2.24) is 0 Å². The molecule has 0 aliphatic heterocycles. The number of aliphatic carboxylic acids is 1. The summed E-state index contributed by atoms with van der Waals surface area (Å²) in [5, 5.41) is 8.93. The summed E-state index contributed by atoms with van der Waals surface area (Å²) in [7, 11) is 0. The normalized spacial score (nSPS) is 19.4. The molecule has 1 unspecified atom stereocenters. The van der Waals surface area contributed by atoms with Gasteiger partial charge in [0.2, 0.25) is 0 Å². The van der Waals surface area contributed by atoms with Crippen molar-refractivity contribution in [3.8, 4) is 0 Å². The summed E-state index contributed by atoms with van der Waals surface area (Å²) >= 11 is 0. The van der Waals surface area contributed by atoms with Gasteiger partial charge in [-0.05, 0) is 49.0 Å². The third kappa shape index (κ3) is 2.61. The van der Waals surface area contributed by atoms with Gasteiger partial charge in [0.05, 0.1) is 5.92 Å². The number of hydrogen-bond acceptors (Lipinski definition) is 1. The van der Waals surface area contributed by atoms with Crippen LogP contribution in [0.1, 0.15) is 37.3 Å². The second-order valence-corrected chi connectivity index (χ2v) is 4.71. The summed E-state index contributed by atoms with van der Waals surface area (Å²) in [5.74, 6) is -1.29. The van der Waals surface area contributed by atoms with Crippen LogP contribution in [0.2, 0.25) is 0 Å². The van der Waals surface area contributed by atoms with Crippen LogP contribution in [-0.4, -0.2) is 11.1 Å². The second kappa shape index (κ2) is 5.34. The summed E-state index contributed by atoms with van der Waals surface area (Å²) < 4.78 is 13.8. The Labute approximate surface area is 106 Å². The first-order valence-corrected chi connectivity index (χ1v) is 6.32. The molecule has 2 rings (SSSR count). The average Bonchev–Trinajstić information content (AvgIpc) is 2.39. The molecule has 18 heavy (non-hydrogen) atoms. The molecule has 0 amide bonds. The second-order valence-electron chi connectivity index (χ2n) is 4.71. The molecule has 0 aromatic heterocycles. The van der Waals surface area contributed by atoms with Gasteiger partial charge in [0.25, 0.3) is 0 Å². The van der Waals surface area contributed by atoms with Crippen molar-refractivity contribution in [3.63, 3.8) is 0 Å². The molecule has 1 aliphatic rings. The largest absolute Gasteiger partial charge is 0.481 e. The topological polar surface area (TPSA) is 37.3 Å². The van der Waals surface area contributed by atoms with Crippen LogP contribution in [0.3, 0.4) is 0 Å². The number of hydrogen-bond donors (Lipinski definition) is 1. The quantitative estimate of drug-likeness (QED) is 0.886. The van der Waals surface area contributed by atoms with Gasteiger partial charge >= 0.3 is 5.97 Å². The van der Waals surface area contributed by atoms with Crippen LogP contribution in [0, 0.1) is 11.7 Å². The average molecular weight is 248 g/mol. The van der Waals surface area contributed by atoms with Crippen molar-refractivity contribution in [1.29, 1.82) is 0 Å². The number of carboxylic acid groups (broad SMARTS) is 1. The van der Waals surface area contributed by atoms with Gasteiger partial charge in [0.1, 0.15) is 5.82 Å². The first-order chi connectivity index (χ1) is 8.61. The molecule has 2 nitrogen and oxygen atoms in total. The Bertz CT molecular complexity index is 491. The first kappa shape index (κ1) is 12.8. The van der Waals surface area contributed by atoms with Crippen molar-refractivity contribution in [3.05, 3.63) is 41.2 Å². The van der Waals surface area contributed by atoms with E-state index >= 15 is 0 Å². The molecule has 1 atom stereocenters. The monoisotopic (exact) mass is 248 g/mol. The predicted molar refractivity (Wildman–Crippen MR) is 68.7 cm³/mol. The van der Waals surface area contributed by atoms with Crippen LogP contribution >= 0.6 is 0 Å². The summed E-state index contributed by atoms with van der Waals surface area (Å²) in [6.07, 6.45) is 4.48. The number of allylic oxidation sites excluding steroid dienone is 2. The van der Waals surface area contributed by atoms with E-state index in [-0.39, 0.29) is 11.7 Å². The minimum Gasteiger partial charge on any atom is -0.481 e. The van der Waals surface area contributed by atoms with Gasteiger partial charge in [-0.15, -0.1) is 0 Å². The highest BCUT2D eigenvalue weighted by atomic mass is 19.1. The smallest absolute Gasteiger partial charge is 0.306 e. The minimum absolute atomic E-state index is 0.216. The zero-order valence-electron chi connectivity index (χ0n) is 10.4. The van der Waals surface area contributed by atoms with Crippen molar-refractivity contribution < 1.29 is 14.3 Å². The summed E-state index contributed by atoms with van der Waals surface area (Å²) in [4.78, 5) is 10.9. The van der Waals surface area contributed by atoms with Crippen molar-refractivity contribution in [2.24, 2.45) is 5.92 Å². The van der Waals surface area contributed by atoms with Gasteiger partial charge in [0, 0.05) is 5.56 Å². The number of carboxylic acids is 1. The Hall–Kier alpha value is -1.64. The molecule has 0 heterocycles. The van der Waals surface area contributed by atoms with Crippen LogP contribution in [0.5, 0.6) is 0 Å². The van der Waals surface area contributed by atoms with Crippen LogP contribution in [-0.2, 0) is 11.2 Å². The van der Waals surface area contributed by atoms with E-state index in [0.717, 1.165) is 17.6 Å².